The topological polar surface area (TPSA) is 72.8 Å². The van der Waals surface area contributed by atoms with Crippen LogP contribution in [0.3, 0.4) is 0 Å². The summed E-state index contributed by atoms with van der Waals surface area (Å²) in [6.07, 6.45) is 2.95. The molecule has 0 spiro atoms. The molecule has 0 heterocycles. The van der Waals surface area contributed by atoms with E-state index in [2.05, 4.69) is 0 Å². The Morgan fingerprint density at radius 3 is 2.40 bits per heavy atom. The second kappa shape index (κ2) is 9.09. The maximum Gasteiger partial charge on any atom is 0.338 e. The van der Waals surface area contributed by atoms with Gasteiger partial charge in [-0.15, -0.1) is 0 Å². The summed E-state index contributed by atoms with van der Waals surface area (Å²) in [7, 11) is 1.55. The van der Waals surface area contributed by atoms with Crippen LogP contribution in [0.15, 0.2) is 52.8 Å². The lowest BCUT2D eigenvalue weighted by Gasteiger charge is -2.40. The first-order chi connectivity index (χ1) is 13.9. The quantitative estimate of drug-likeness (QED) is 0.358. The highest BCUT2D eigenvalue weighted by Crippen LogP contribution is 2.48. The number of ether oxygens (including phenoxy) is 2. The van der Waals surface area contributed by atoms with E-state index < -0.39 is 5.41 Å². The van der Waals surface area contributed by atoms with Crippen molar-refractivity contribution in [3.8, 4) is 5.75 Å². The number of phenolic OH excluding ortho intramolecular Hbond substituents is 1. The van der Waals surface area contributed by atoms with Gasteiger partial charge in [-0.3, -0.25) is 4.79 Å². The molecule has 1 aliphatic rings. The van der Waals surface area contributed by atoms with Crippen LogP contribution in [-0.4, -0.2) is 30.1 Å². The predicted octanol–water partition coefficient (Wildman–Crippen LogP) is 5.63. The number of phenols is 1. The van der Waals surface area contributed by atoms with E-state index in [0.717, 1.165) is 5.57 Å². The SMILES string of the molecule is COC1=C(C)C(C(=O)OC(C)C)=C(C)C(C)(C)C1C=CC(=O)c1ccc(Cl)cc1O. The highest BCUT2D eigenvalue weighted by molar-refractivity contribution is 6.31. The highest BCUT2D eigenvalue weighted by Gasteiger charge is 2.42. The van der Waals surface area contributed by atoms with Crippen molar-refractivity contribution in [3.05, 3.63) is 63.4 Å². The molecule has 0 radical (unpaired) electrons. The zero-order chi connectivity index (χ0) is 22.8. The van der Waals surface area contributed by atoms with Crippen molar-refractivity contribution in [2.24, 2.45) is 11.3 Å². The van der Waals surface area contributed by atoms with Gasteiger partial charge >= 0.3 is 5.97 Å². The van der Waals surface area contributed by atoms with Crippen LogP contribution in [0.25, 0.3) is 0 Å². The minimum absolute atomic E-state index is 0.164. The average molecular weight is 433 g/mol. The van der Waals surface area contributed by atoms with Crippen LogP contribution < -0.4 is 0 Å². The smallest absolute Gasteiger partial charge is 0.338 e. The Bertz CT molecular complexity index is 950. The number of carbonyl (C=O) groups excluding carboxylic acids is 2. The van der Waals surface area contributed by atoms with Crippen molar-refractivity contribution < 1.29 is 24.2 Å². The van der Waals surface area contributed by atoms with E-state index in [9.17, 15) is 14.7 Å². The molecule has 0 bridgehead atoms. The van der Waals surface area contributed by atoms with E-state index in [1.165, 1.54) is 18.2 Å². The summed E-state index contributed by atoms with van der Waals surface area (Å²) in [5.41, 5.74) is 1.73. The van der Waals surface area contributed by atoms with Crippen LogP contribution in [0.1, 0.15) is 51.9 Å². The Kier molecular flexibility index (Phi) is 7.19. The zero-order valence-corrected chi connectivity index (χ0v) is 19.3. The van der Waals surface area contributed by atoms with Gasteiger partial charge in [0, 0.05) is 16.5 Å². The maximum absolute atomic E-state index is 12.7. The molecule has 1 unspecified atom stereocenters. The van der Waals surface area contributed by atoms with Crippen LogP contribution in [0.5, 0.6) is 5.75 Å². The molecule has 0 fully saturated rings. The standard InChI is InChI=1S/C24H29ClO5/c1-13(2)30-23(28)21-14(3)22(29-7)18(24(5,6)15(21)4)10-11-19(26)17-9-8-16(25)12-20(17)27/h8-13,18,27H,1-7H3. The van der Waals surface area contributed by atoms with E-state index >= 15 is 0 Å². The number of esters is 1. The van der Waals surface area contributed by atoms with Gasteiger partial charge < -0.3 is 14.6 Å². The number of ketones is 1. The summed E-state index contributed by atoms with van der Waals surface area (Å²) in [5, 5.41) is 10.4. The largest absolute Gasteiger partial charge is 0.507 e. The lowest BCUT2D eigenvalue weighted by atomic mass is 9.66. The predicted molar refractivity (Wildman–Crippen MR) is 117 cm³/mol. The minimum atomic E-state index is -0.505. The summed E-state index contributed by atoms with van der Waals surface area (Å²) in [6, 6.07) is 4.37. The number of rotatable bonds is 6. The summed E-state index contributed by atoms with van der Waals surface area (Å²) in [5.74, 6) is -0.581. The first kappa shape index (κ1) is 23.7. The molecule has 0 saturated heterocycles. The number of benzene rings is 1. The Hall–Kier alpha value is -2.53. The first-order valence-corrected chi connectivity index (χ1v) is 10.2. The summed E-state index contributed by atoms with van der Waals surface area (Å²) < 4.78 is 11.1. The van der Waals surface area contributed by atoms with Crippen molar-refractivity contribution >= 4 is 23.4 Å². The molecular weight excluding hydrogens is 404 g/mol. The third-order valence-electron chi connectivity index (χ3n) is 5.58. The highest BCUT2D eigenvalue weighted by atomic mass is 35.5. The van der Waals surface area contributed by atoms with E-state index in [-0.39, 0.29) is 35.1 Å². The molecule has 162 valence electrons. The van der Waals surface area contributed by atoms with Gasteiger partial charge in [0.15, 0.2) is 5.78 Å². The van der Waals surface area contributed by atoms with Crippen molar-refractivity contribution in [2.75, 3.05) is 7.11 Å². The van der Waals surface area contributed by atoms with Crippen LogP contribution >= 0.6 is 11.6 Å². The summed E-state index contributed by atoms with van der Waals surface area (Å²) in [6.45, 7) is 11.3. The fourth-order valence-corrected chi connectivity index (χ4v) is 3.86. The molecule has 5 nitrogen and oxygen atoms in total. The molecule has 1 N–H and O–H groups in total. The Morgan fingerprint density at radius 2 is 1.87 bits per heavy atom. The molecular formula is C24H29ClO5. The van der Waals surface area contributed by atoms with E-state index in [1.54, 1.807) is 33.1 Å². The Morgan fingerprint density at radius 1 is 1.23 bits per heavy atom. The van der Waals surface area contributed by atoms with Crippen LogP contribution in [-0.2, 0) is 14.3 Å². The van der Waals surface area contributed by atoms with Gasteiger partial charge in [0.1, 0.15) is 11.5 Å². The molecule has 30 heavy (non-hydrogen) atoms. The fraction of sp³-hybridized carbons (Fsp3) is 0.417. The minimum Gasteiger partial charge on any atom is -0.507 e. The fourth-order valence-electron chi connectivity index (χ4n) is 3.69. The van der Waals surface area contributed by atoms with Crippen LogP contribution in [0.2, 0.25) is 5.02 Å². The molecule has 2 rings (SSSR count). The number of hydrogen-bond acceptors (Lipinski definition) is 5. The number of methoxy groups -OCH3 is 1. The number of carbonyl (C=O) groups is 2. The van der Waals surface area contributed by atoms with E-state index in [0.29, 0.717) is 21.9 Å². The third-order valence-corrected chi connectivity index (χ3v) is 5.81. The molecule has 0 aromatic heterocycles. The molecule has 0 amide bonds. The Labute approximate surface area is 183 Å². The van der Waals surface area contributed by atoms with Crippen molar-refractivity contribution in [2.45, 2.75) is 47.6 Å². The molecule has 1 atom stereocenters. The zero-order valence-electron chi connectivity index (χ0n) is 18.5. The van der Waals surface area contributed by atoms with E-state index in [1.807, 2.05) is 27.7 Å². The van der Waals surface area contributed by atoms with Crippen molar-refractivity contribution in [1.29, 1.82) is 0 Å². The number of hydrogen-bond donors (Lipinski definition) is 1. The molecule has 1 aromatic carbocycles. The monoisotopic (exact) mass is 432 g/mol. The number of aromatic hydroxyl groups is 1. The molecule has 1 aliphatic carbocycles. The second-order valence-corrected chi connectivity index (χ2v) is 8.67. The van der Waals surface area contributed by atoms with Gasteiger partial charge in [-0.1, -0.05) is 37.1 Å². The lowest BCUT2D eigenvalue weighted by Crippen LogP contribution is -2.34. The molecule has 0 saturated carbocycles. The van der Waals surface area contributed by atoms with Gasteiger partial charge in [0.25, 0.3) is 0 Å². The van der Waals surface area contributed by atoms with E-state index in [4.69, 9.17) is 21.1 Å². The van der Waals surface area contributed by atoms with Gasteiger partial charge in [-0.05, 0) is 57.4 Å². The number of halogens is 1. The number of allylic oxidation sites excluding steroid dienone is 3. The summed E-state index contributed by atoms with van der Waals surface area (Å²) in [4.78, 5) is 25.4. The van der Waals surface area contributed by atoms with Gasteiger partial charge in [0.05, 0.1) is 24.4 Å². The van der Waals surface area contributed by atoms with Gasteiger partial charge in [-0.2, -0.15) is 0 Å². The van der Waals surface area contributed by atoms with Crippen molar-refractivity contribution in [1.82, 2.24) is 0 Å². The normalized spacial score (nSPS) is 18.9. The lowest BCUT2D eigenvalue weighted by molar-refractivity contribution is -0.142. The molecule has 6 heteroatoms. The summed E-state index contributed by atoms with van der Waals surface area (Å²) >= 11 is 5.84. The van der Waals surface area contributed by atoms with Gasteiger partial charge in [-0.25, -0.2) is 4.79 Å². The Balaban J connectivity index is 2.46. The van der Waals surface area contributed by atoms with Gasteiger partial charge in [0.2, 0.25) is 0 Å². The molecule has 1 aromatic rings. The van der Waals surface area contributed by atoms with Crippen LogP contribution in [0, 0.1) is 11.3 Å². The van der Waals surface area contributed by atoms with Crippen LogP contribution in [0.4, 0.5) is 0 Å². The second-order valence-electron chi connectivity index (χ2n) is 8.23. The maximum atomic E-state index is 12.7. The first-order valence-electron chi connectivity index (χ1n) is 9.80. The third kappa shape index (κ3) is 4.62. The average Bonchev–Trinajstić information content (AvgIpc) is 2.63. The molecule has 0 aliphatic heterocycles. The van der Waals surface area contributed by atoms with Crippen molar-refractivity contribution in [3.63, 3.8) is 0 Å².